The first-order valence-corrected chi connectivity index (χ1v) is 24.4. The molecule has 0 fully saturated rings. The van der Waals surface area contributed by atoms with Crippen molar-refractivity contribution in [3.63, 3.8) is 0 Å². The van der Waals surface area contributed by atoms with Gasteiger partial charge in [0.05, 0.1) is 0 Å². The molecule has 0 bridgehead atoms. The van der Waals surface area contributed by atoms with Crippen LogP contribution in [0.5, 0.6) is 0 Å². The predicted octanol–water partition coefficient (Wildman–Crippen LogP) is 15.9. The summed E-state index contributed by atoms with van der Waals surface area (Å²) in [5.74, 6) is -0.967. The SMILES string of the molecule is CC/C=C\C/C=C\C/C=C\C/C=C\C/C=C\CCCC(=O)OC[C@H](COC(=O)CCCCCCCCCCCCC)OC(=O)CCCCCCC/C=C\CCCCCC. The molecule has 0 aromatic heterocycles. The van der Waals surface area contributed by atoms with E-state index in [9.17, 15) is 14.4 Å². The third-order valence-corrected chi connectivity index (χ3v) is 10.2. The second-order valence-corrected chi connectivity index (χ2v) is 16.0. The molecule has 338 valence electrons. The summed E-state index contributed by atoms with van der Waals surface area (Å²) in [6.07, 6.45) is 58.9. The van der Waals surface area contributed by atoms with Crippen LogP contribution in [0.4, 0.5) is 0 Å². The summed E-state index contributed by atoms with van der Waals surface area (Å²) >= 11 is 0. The van der Waals surface area contributed by atoms with E-state index in [0.29, 0.717) is 19.3 Å². The Hall–Kier alpha value is -3.15. The van der Waals surface area contributed by atoms with E-state index in [4.69, 9.17) is 14.2 Å². The number of allylic oxidation sites excluding steroid dienone is 12. The van der Waals surface area contributed by atoms with Gasteiger partial charge in [0.15, 0.2) is 6.10 Å². The average molecular weight is 823 g/mol. The van der Waals surface area contributed by atoms with Crippen LogP contribution in [-0.4, -0.2) is 37.2 Å². The molecule has 59 heavy (non-hydrogen) atoms. The molecule has 0 saturated carbocycles. The molecule has 0 amide bonds. The standard InChI is InChI=1S/C53H90O6/c1-4-7-10-13-16-19-22-24-25-26-27-29-31-34-37-40-43-46-52(55)58-49-50(48-57-51(54)45-42-39-36-33-30-21-18-15-12-9-6-3)59-53(56)47-44-41-38-35-32-28-23-20-17-14-11-8-5-2/h7,10,16,19-20,23-25,27,29,34,37,50H,4-6,8-9,11-15,17-18,21-22,26,28,30-33,35-36,38-49H2,1-3H3/b10-7-,19-16-,23-20-,25-24-,29-27-,37-34-/t50-/m0/s1. The van der Waals surface area contributed by atoms with Gasteiger partial charge in [-0.1, -0.05) is 196 Å². The average Bonchev–Trinajstić information content (AvgIpc) is 3.23. The van der Waals surface area contributed by atoms with Gasteiger partial charge >= 0.3 is 17.9 Å². The van der Waals surface area contributed by atoms with Gasteiger partial charge in [0, 0.05) is 19.3 Å². The van der Waals surface area contributed by atoms with Crippen LogP contribution in [0.2, 0.25) is 0 Å². The Balaban J connectivity index is 4.47. The van der Waals surface area contributed by atoms with Crippen LogP contribution < -0.4 is 0 Å². The van der Waals surface area contributed by atoms with E-state index in [-0.39, 0.29) is 37.5 Å². The summed E-state index contributed by atoms with van der Waals surface area (Å²) in [5, 5.41) is 0. The number of esters is 3. The van der Waals surface area contributed by atoms with Gasteiger partial charge in [-0.25, -0.2) is 0 Å². The van der Waals surface area contributed by atoms with Gasteiger partial charge in [0.1, 0.15) is 13.2 Å². The minimum Gasteiger partial charge on any atom is -0.462 e. The van der Waals surface area contributed by atoms with Crippen LogP contribution >= 0.6 is 0 Å². The lowest BCUT2D eigenvalue weighted by Crippen LogP contribution is -2.30. The zero-order valence-corrected chi connectivity index (χ0v) is 38.5. The van der Waals surface area contributed by atoms with Crippen LogP contribution in [0.25, 0.3) is 0 Å². The summed E-state index contributed by atoms with van der Waals surface area (Å²) in [6, 6.07) is 0. The summed E-state index contributed by atoms with van der Waals surface area (Å²) in [7, 11) is 0. The fraction of sp³-hybridized carbons (Fsp3) is 0.717. The van der Waals surface area contributed by atoms with Gasteiger partial charge in [-0.15, -0.1) is 0 Å². The van der Waals surface area contributed by atoms with Crippen LogP contribution in [0.15, 0.2) is 72.9 Å². The maximum atomic E-state index is 12.7. The predicted molar refractivity (Wildman–Crippen MR) is 251 cm³/mol. The lowest BCUT2D eigenvalue weighted by atomic mass is 10.1. The number of hydrogen-bond acceptors (Lipinski definition) is 6. The van der Waals surface area contributed by atoms with E-state index in [1.54, 1.807) is 0 Å². The number of unbranched alkanes of at least 4 members (excludes halogenated alkanes) is 20. The van der Waals surface area contributed by atoms with Crippen molar-refractivity contribution in [2.24, 2.45) is 0 Å². The molecule has 6 heteroatoms. The van der Waals surface area contributed by atoms with Gasteiger partial charge in [-0.2, -0.15) is 0 Å². The monoisotopic (exact) mass is 823 g/mol. The van der Waals surface area contributed by atoms with Gasteiger partial charge in [0.2, 0.25) is 0 Å². The van der Waals surface area contributed by atoms with Crippen molar-refractivity contribution in [2.75, 3.05) is 13.2 Å². The maximum absolute atomic E-state index is 12.7. The summed E-state index contributed by atoms with van der Waals surface area (Å²) in [6.45, 7) is 6.44. The number of hydrogen-bond donors (Lipinski definition) is 0. The minimum absolute atomic E-state index is 0.0952. The van der Waals surface area contributed by atoms with E-state index in [1.165, 1.54) is 89.9 Å². The van der Waals surface area contributed by atoms with Gasteiger partial charge in [-0.05, 0) is 83.5 Å². The topological polar surface area (TPSA) is 78.9 Å². The zero-order valence-electron chi connectivity index (χ0n) is 38.5. The van der Waals surface area contributed by atoms with Crippen molar-refractivity contribution in [3.05, 3.63) is 72.9 Å². The highest BCUT2D eigenvalue weighted by Crippen LogP contribution is 2.14. The van der Waals surface area contributed by atoms with Crippen molar-refractivity contribution in [1.29, 1.82) is 0 Å². The molecule has 0 aromatic carbocycles. The second kappa shape index (κ2) is 47.5. The van der Waals surface area contributed by atoms with Crippen molar-refractivity contribution >= 4 is 17.9 Å². The smallest absolute Gasteiger partial charge is 0.306 e. The summed E-state index contributed by atoms with van der Waals surface area (Å²) in [4.78, 5) is 37.8. The number of carbonyl (C=O) groups is 3. The lowest BCUT2D eigenvalue weighted by Gasteiger charge is -2.18. The van der Waals surface area contributed by atoms with Gasteiger partial charge in [0.25, 0.3) is 0 Å². The highest BCUT2D eigenvalue weighted by Gasteiger charge is 2.19. The van der Waals surface area contributed by atoms with E-state index >= 15 is 0 Å². The molecule has 0 aliphatic heterocycles. The maximum Gasteiger partial charge on any atom is 0.306 e. The van der Waals surface area contributed by atoms with E-state index in [1.807, 2.05) is 0 Å². The first kappa shape index (κ1) is 55.9. The number of carbonyl (C=O) groups excluding carboxylic acids is 3. The van der Waals surface area contributed by atoms with Gasteiger partial charge < -0.3 is 14.2 Å². The fourth-order valence-electron chi connectivity index (χ4n) is 6.53. The number of ether oxygens (including phenoxy) is 3. The highest BCUT2D eigenvalue weighted by atomic mass is 16.6. The Morgan fingerprint density at radius 1 is 0.356 bits per heavy atom. The van der Waals surface area contributed by atoms with E-state index in [2.05, 4.69) is 93.7 Å². The lowest BCUT2D eigenvalue weighted by molar-refractivity contribution is -0.167. The molecule has 0 radical (unpaired) electrons. The molecule has 0 aliphatic rings. The molecule has 6 nitrogen and oxygen atoms in total. The molecule has 0 N–H and O–H groups in total. The van der Waals surface area contributed by atoms with Crippen LogP contribution in [0.3, 0.4) is 0 Å². The Labute approximate surface area is 363 Å². The molecule has 0 saturated heterocycles. The Morgan fingerprint density at radius 3 is 1.14 bits per heavy atom. The zero-order chi connectivity index (χ0) is 43.0. The summed E-state index contributed by atoms with van der Waals surface area (Å²) < 4.78 is 16.7. The van der Waals surface area contributed by atoms with Crippen molar-refractivity contribution in [3.8, 4) is 0 Å². The Bertz CT molecular complexity index is 1130. The molecule has 0 aromatic rings. The second-order valence-electron chi connectivity index (χ2n) is 16.0. The first-order valence-electron chi connectivity index (χ1n) is 24.4. The first-order chi connectivity index (χ1) is 29.0. The number of rotatable bonds is 43. The molecule has 1 atom stereocenters. The van der Waals surface area contributed by atoms with Crippen LogP contribution in [0, 0.1) is 0 Å². The van der Waals surface area contributed by atoms with E-state index in [0.717, 1.165) is 89.9 Å². The van der Waals surface area contributed by atoms with Gasteiger partial charge in [-0.3, -0.25) is 14.4 Å². The third kappa shape index (κ3) is 45.8. The van der Waals surface area contributed by atoms with Crippen LogP contribution in [-0.2, 0) is 28.6 Å². The molecule has 0 aliphatic carbocycles. The normalized spacial score (nSPS) is 12.7. The van der Waals surface area contributed by atoms with Crippen molar-refractivity contribution in [2.45, 2.75) is 232 Å². The van der Waals surface area contributed by atoms with E-state index < -0.39 is 6.10 Å². The third-order valence-electron chi connectivity index (χ3n) is 10.2. The van der Waals surface area contributed by atoms with Crippen molar-refractivity contribution in [1.82, 2.24) is 0 Å². The quantitative estimate of drug-likeness (QED) is 0.0264. The summed E-state index contributed by atoms with van der Waals surface area (Å²) in [5.41, 5.74) is 0. The Kier molecular flexibility index (Phi) is 45.0. The molecule has 0 rings (SSSR count). The molecule has 0 spiro atoms. The highest BCUT2D eigenvalue weighted by molar-refractivity contribution is 5.71. The Morgan fingerprint density at radius 2 is 0.678 bits per heavy atom. The fourth-order valence-corrected chi connectivity index (χ4v) is 6.53. The van der Waals surface area contributed by atoms with Crippen LogP contribution in [0.1, 0.15) is 226 Å². The molecular weight excluding hydrogens is 733 g/mol. The molecule has 0 heterocycles. The van der Waals surface area contributed by atoms with Crippen molar-refractivity contribution < 1.29 is 28.6 Å². The largest absolute Gasteiger partial charge is 0.462 e. The molecule has 0 unspecified atom stereocenters. The molecular formula is C53H90O6. The minimum atomic E-state index is -0.799.